The zero-order valence-corrected chi connectivity index (χ0v) is 17.8. The number of hydrogen-bond acceptors (Lipinski definition) is 5. The molecule has 170 valence electrons. The second kappa shape index (κ2) is 8.27. The highest BCUT2D eigenvalue weighted by Crippen LogP contribution is 2.34. The van der Waals surface area contributed by atoms with Crippen LogP contribution in [0.2, 0.25) is 5.02 Å². The first-order chi connectivity index (χ1) is 16.3. The SMILES string of the molecule is O=C(Nc1cnc(-n2nccn2)c(C(F)(F)F)c1)c1ccc(-c2cnc3[nH]ccc3c2)cc1Cl. The molecule has 0 radical (unpaired) electrons. The second-order valence-corrected chi connectivity index (χ2v) is 7.61. The number of carbonyl (C=O) groups is 1. The quantitative estimate of drug-likeness (QED) is 0.369. The molecule has 0 aliphatic carbocycles. The number of rotatable bonds is 4. The van der Waals surface area contributed by atoms with Crippen molar-refractivity contribution in [1.82, 2.24) is 29.9 Å². The summed E-state index contributed by atoms with van der Waals surface area (Å²) in [5.41, 5.74) is 1.10. The largest absolute Gasteiger partial charge is 0.420 e. The van der Waals surface area contributed by atoms with E-state index in [1.54, 1.807) is 24.5 Å². The summed E-state index contributed by atoms with van der Waals surface area (Å²) in [6.07, 6.45) is 2.26. The van der Waals surface area contributed by atoms with Gasteiger partial charge in [-0.25, -0.2) is 9.97 Å². The number of nitrogens with zero attached hydrogens (tertiary/aromatic N) is 5. The van der Waals surface area contributed by atoms with E-state index >= 15 is 0 Å². The van der Waals surface area contributed by atoms with Crippen LogP contribution < -0.4 is 5.32 Å². The Morgan fingerprint density at radius 3 is 2.53 bits per heavy atom. The minimum Gasteiger partial charge on any atom is -0.346 e. The lowest BCUT2D eigenvalue weighted by Gasteiger charge is -2.14. The Hall–Kier alpha value is -4.25. The number of hydrogen-bond donors (Lipinski definition) is 2. The maximum Gasteiger partial charge on any atom is 0.420 e. The number of nitrogens with one attached hydrogen (secondary N) is 2. The Morgan fingerprint density at radius 1 is 1.00 bits per heavy atom. The molecule has 2 N–H and O–H groups in total. The summed E-state index contributed by atoms with van der Waals surface area (Å²) >= 11 is 6.33. The van der Waals surface area contributed by atoms with Crippen LogP contribution >= 0.6 is 11.6 Å². The van der Waals surface area contributed by atoms with Crippen LogP contribution in [0.1, 0.15) is 15.9 Å². The first-order valence-corrected chi connectivity index (χ1v) is 10.2. The van der Waals surface area contributed by atoms with Crippen molar-refractivity contribution in [2.75, 3.05) is 5.32 Å². The summed E-state index contributed by atoms with van der Waals surface area (Å²) in [7, 11) is 0. The highest BCUT2D eigenvalue weighted by Gasteiger charge is 2.36. The van der Waals surface area contributed by atoms with E-state index in [4.69, 9.17) is 11.6 Å². The molecule has 0 spiro atoms. The van der Waals surface area contributed by atoms with Crippen molar-refractivity contribution in [3.8, 4) is 16.9 Å². The maximum atomic E-state index is 13.6. The number of fused-ring (bicyclic) bond motifs is 1. The third kappa shape index (κ3) is 4.08. The molecule has 12 heteroatoms. The van der Waals surface area contributed by atoms with Gasteiger partial charge in [-0.15, -0.1) is 4.80 Å². The first kappa shape index (κ1) is 21.6. The Balaban J connectivity index is 1.42. The van der Waals surface area contributed by atoms with Crippen molar-refractivity contribution < 1.29 is 18.0 Å². The van der Waals surface area contributed by atoms with Gasteiger partial charge in [0, 0.05) is 23.3 Å². The van der Waals surface area contributed by atoms with E-state index in [2.05, 4.69) is 30.5 Å². The number of aromatic amines is 1. The molecule has 0 aliphatic heterocycles. The van der Waals surface area contributed by atoms with Crippen LogP contribution in [0.25, 0.3) is 28.0 Å². The molecule has 0 unspecified atom stereocenters. The summed E-state index contributed by atoms with van der Waals surface area (Å²) in [4.78, 5) is 24.6. The highest BCUT2D eigenvalue weighted by molar-refractivity contribution is 6.34. The van der Waals surface area contributed by atoms with Crippen LogP contribution in [0.3, 0.4) is 0 Å². The zero-order valence-electron chi connectivity index (χ0n) is 17.0. The number of amides is 1. The number of carbonyl (C=O) groups excluding carboxylic acids is 1. The van der Waals surface area contributed by atoms with Gasteiger partial charge in [0.2, 0.25) is 0 Å². The predicted molar refractivity (Wildman–Crippen MR) is 119 cm³/mol. The van der Waals surface area contributed by atoms with Gasteiger partial charge < -0.3 is 10.3 Å². The molecule has 0 bridgehead atoms. The fourth-order valence-electron chi connectivity index (χ4n) is 3.39. The number of halogens is 4. The van der Waals surface area contributed by atoms with Crippen LogP contribution in [0.4, 0.5) is 18.9 Å². The minimum absolute atomic E-state index is 0.0903. The fraction of sp³-hybridized carbons (Fsp3) is 0.0455. The van der Waals surface area contributed by atoms with Gasteiger partial charge in [0.15, 0.2) is 5.82 Å². The fourth-order valence-corrected chi connectivity index (χ4v) is 3.66. The van der Waals surface area contributed by atoms with Crippen molar-refractivity contribution in [2.45, 2.75) is 6.18 Å². The topological polar surface area (TPSA) is 101 Å². The number of anilines is 1. The molecule has 4 aromatic heterocycles. The highest BCUT2D eigenvalue weighted by atomic mass is 35.5. The Labute approximate surface area is 194 Å². The van der Waals surface area contributed by atoms with E-state index in [1.165, 1.54) is 18.5 Å². The third-order valence-corrected chi connectivity index (χ3v) is 5.30. The Morgan fingerprint density at radius 2 is 1.79 bits per heavy atom. The molecule has 8 nitrogen and oxygen atoms in total. The third-order valence-electron chi connectivity index (χ3n) is 4.99. The molecule has 0 aliphatic rings. The Bertz CT molecular complexity index is 1510. The van der Waals surface area contributed by atoms with Gasteiger partial charge >= 0.3 is 6.18 Å². The smallest absolute Gasteiger partial charge is 0.346 e. The number of pyridine rings is 2. The summed E-state index contributed by atoms with van der Waals surface area (Å²) in [6.45, 7) is 0. The molecule has 0 saturated carbocycles. The van der Waals surface area contributed by atoms with Crippen LogP contribution in [0.5, 0.6) is 0 Å². The molecular weight excluding hydrogens is 471 g/mol. The molecule has 34 heavy (non-hydrogen) atoms. The minimum atomic E-state index is -4.75. The molecule has 1 amide bonds. The average molecular weight is 484 g/mol. The first-order valence-electron chi connectivity index (χ1n) is 9.78. The maximum absolute atomic E-state index is 13.6. The number of alkyl halides is 3. The van der Waals surface area contributed by atoms with Gasteiger partial charge in [-0.1, -0.05) is 17.7 Å². The van der Waals surface area contributed by atoms with Crippen molar-refractivity contribution in [1.29, 1.82) is 0 Å². The lowest BCUT2D eigenvalue weighted by molar-refractivity contribution is -0.137. The standard InChI is InChI=1S/C22H13ClF3N7O/c23-18-8-12(14-7-13-3-4-27-19(13)28-10-14)1-2-16(18)21(34)32-15-9-17(22(24,25)26)20(29-11-15)33-30-5-6-31-33/h1-11H,(H,27,28)(H,32,34). The second-order valence-electron chi connectivity index (χ2n) is 7.20. The lowest BCUT2D eigenvalue weighted by atomic mass is 10.0. The number of H-pyrrole nitrogens is 1. The van der Waals surface area contributed by atoms with Crippen molar-refractivity contribution >= 4 is 34.2 Å². The van der Waals surface area contributed by atoms with Crippen LogP contribution in [0.15, 0.2) is 67.4 Å². The molecule has 0 saturated heterocycles. The summed E-state index contributed by atoms with van der Waals surface area (Å²) in [5, 5.41) is 10.8. The van der Waals surface area contributed by atoms with E-state index in [-0.39, 0.29) is 16.3 Å². The van der Waals surface area contributed by atoms with Gasteiger partial charge in [-0.2, -0.15) is 23.4 Å². The van der Waals surface area contributed by atoms with Crippen molar-refractivity contribution in [3.05, 3.63) is 83.5 Å². The van der Waals surface area contributed by atoms with Crippen LogP contribution in [0, 0.1) is 0 Å². The predicted octanol–water partition coefficient (Wildman–Crippen LogP) is 5.13. The number of benzene rings is 1. The van der Waals surface area contributed by atoms with Gasteiger partial charge in [0.05, 0.1) is 34.9 Å². The van der Waals surface area contributed by atoms with Gasteiger partial charge in [-0.3, -0.25) is 4.79 Å². The normalized spacial score (nSPS) is 11.6. The van der Waals surface area contributed by atoms with E-state index in [0.29, 0.717) is 0 Å². The number of aromatic nitrogens is 6. The molecule has 5 aromatic rings. The molecule has 4 heterocycles. The van der Waals surface area contributed by atoms with Crippen molar-refractivity contribution in [3.63, 3.8) is 0 Å². The van der Waals surface area contributed by atoms with E-state index in [1.807, 2.05) is 12.1 Å². The van der Waals surface area contributed by atoms with Gasteiger partial charge in [0.25, 0.3) is 5.91 Å². The molecule has 0 fully saturated rings. The van der Waals surface area contributed by atoms with E-state index < -0.39 is 23.5 Å². The average Bonchev–Trinajstić information content (AvgIpc) is 3.50. The van der Waals surface area contributed by atoms with Gasteiger partial charge in [0.1, 0.15) is 11.2 Å². The van der Waals surface area contributed by atoms with Crippen LogP contribution in [-0.2, 0) is 6.18 Å². The molecule has 0 atom stereocenters. The molecular formula is C22H13ClF3N7O. The summed E-state index contributed by atoms with van der Waals surface area (Å²) in [5.74, 6) is -1.19. The zero-order chi connectivity index (χ0) is 23.9. The monoisotopic (exact) mass is 483 g/mol. The molecule has 1 aromatic carbocycles. The van der Waals surface area contributed by atoms with E-state index in [9.17, 15) is 18.0 Å². The Kier molecular flexibility index (Phi) is 5.25. The van der Waals surface area contributed by atoms with Gasteiger partial charge in [-0.05, 0) is 35.9 Å². The lowest BCUT2D eigenvalue weighted by Crippen LogP contribution is -2.17. The van der Waals surface area contributed by atoms with E-state index in [0.717, 1.165) is 39.2 Å². The summed E-state index contributed by atoms with van der Waals surface area (Å²) in [6, 6.07) is 9.34. The van der Waals surface area contributed by atoms with Crippen molar-refractivity contribution in [2.24, 2.45) is 0 Å². The van der Waals surface area contributed by atoms with Crippen LogP contribution in [-0.4, -0.2) is 35.9 Å². The summed E-state index contributed by atoms with van der Waals surface area (Å²) < 4.78 is 40.7. The molecule has 5 rings (SSSR count).